The second-order valence-corrected chi connectivity index (χ2v) is 16.1. The van der Waals surface area contributed by atoms with Crippen molar-refractivity contribution in [1.82, 2.24) is 19.8 Å². The van der Waals surface area contributed by atoms with Gasteiger partial charge in [-0.15, -0.1) is 0 Å². The van der Waals surface area contributed by atoms with Crippen LogP contribution < -0.4 is 14.4 Å². The summed E-state index contributed by atoms with van der Waals surface area (Å²) in [5, 5.41) is 12.5. The molecule has 3 aromatic carbocycles. The van der Waals surface area contributed by atoms with Crippen LogP contribution in [0.5, 0.6) is 11.8 Å². The molecule has 4 saturated heterocycles. The van der Waals surface area contributed by atoms with Crippen LogP contribution in [-0.4, -0.2) is 107 Å². The van der Waals surface area contributed by atoms with Gasteiger partial charge in [-0.25, -0.2) is 22.4 Å². The SMILES string of the molecule is COCOc1cc(-c2c([N+](=O)[O-])cc3c(N4C[C@H]5CC[C@@H](C4)N5C(=O)OC(C)(C)C)nc(OC[C@@]45CCCN4C[C@H](F)C5)nc3c2F)c2c(F)c(F)ccc2c1. The lowest BCUT2D eigenvalue weighted by molar-refractivity contribution is -0.384. The van der Waals surface area contributed by atoms with Gasteiger partial charge in [-0.1, -0.05) is 6.07 Å². The van der Waals surface area contributed by atoms with Crippen LogP contribution in [0.25, 0.3) is 32.8 Å². The Hall–Kier alpha value is -5.03. The minimum absolute atomic E-state index is 0.0194. The fourth-order valence-corrected chi connectivity index (χ4v) is 9.00. The van der Waals surface area contributed by atoms with E-state index in [1.165, 1.54) is 25.3 Å². The van der Waals surface area contributed by atoms with Gasteiger partial charge in [0.25, 0.3) is 5.69 Å². The van der Waals surface area contributed by atoms with Crippen molar-refractivity contribution in [3.63, 3.8) is 0 Å². The monoisotopic (exact) mass is 782 g/mol. The van der Waals surface area contributed by atoms with Crippen LogP contribution in [0.4, 0.5) is 33.9 Å². The quantitative estimate of drug-likeness (QED) is 0.0733. The lowest BCUT2D eigenvalue weighted by Crippen LogP contribution is -2.57. The molecule has 4 aliphatic rings. The number of halogens is 4. The van der Waals surface area contributed by atoms with Crippen molar-refractivity contribution in [2.45, 2.75) is 82.3 Å². The zero-order chi connectivity index (χ0) is 39.7. The Balaban J connectivity index is 1.29. The van der Waals surface area contributed by atoms with Gasteiger partial charge in [-0.3, -0.25) is 19.9 Å². The Morgan fingerprint density at radius 2 is 1.79 bits per heavy atom. The summed E-state index contributed by atoms with van der Waals surface area (Å²) >= 11 is 0. The number of aromatic nitrogens is 2. The molecule has 0 aliphatic carbocycles. The summed E-state index contributed by atoms with van der Waals surface area (Å²) in [6.07, 6.45) is 1.62. The average molecular weight is 783 g/mol. The van der Waals surface area contributed by atoms with Gasteiger partial charge in [0.15, 0.2) is 24.2 Å². The minimum Gasteiger partial charge on any atom is -0.468 e. The topological polar surface area (TPSA) is 133 Å². The van der Waals surface area contributed by atoms with Crippen LogP contribution in [0, 0.1) is 27.6 Å². The van der Waals surface area contributed by atoms with Gasteiger partial charge in [-0.05, 0) is 76.6 Å². The first-order valence-corrected chi connectivity index (χ1v) is 18.7. The van der Waals surface area contributed by atoms with E-state index in [4.69, 9.17) is 23.9 Å². The molecule has 5 heterocycles. The fourth-order valence-electron chi connectivity index (χ4n) is 9.00. The molecular formula is C39H42F4N6O7. The second-order valence-electron chi connectivity index (χ2n) is 16.1. The first-order valence-electron chi connectivity index (χ1n) is 18.7. The molecule has 298 valence electrons. The van der Waals surface area contributed by atoms with Crippen molar-refractivity contribution >= 4 is 39.3 Å². The molecule has 4 fully saturated rings. The van der Waals surface area contributed by atoms with Crippen molar-refractivity contribution < 1.29 is 46.2 Å². The third kappa shape index (κ3) is 6.67. The van der Waals surface area contributed by atoms with E-state index >= 15 is 8.78 Å². The number of nitro benzene ring substituents is 1. The number of anilines is 1. The standard InChI is InChI=1S/C39H42F4N6O7/c1-38(2,3)56-37(50)48-23-7-8-24(48)18-46(17-23)35-27-14-29(49(51)52)31(26-13-25(55-20-53-4)12-21-6-9-28(41)32(42)30(21)26)33(43)34(27)44-36(45-35)54-19-39-10-5-11-47(39)16-22(40)15-39/h6,9,12-14,22-24H,5,7-8,10-11,15-20H2,1-4H3/t22-,23-,24+,39+/m1/s1. The molecule has 0 spiro atoms. The van der Waals surface area contributed by atoms with Gasteiger partial charge >= 0.3 is 12.1 Å². The maximum Gasteiger partial charge on any atom is 0.410 e. The van der Waals surface area contributed by atoms with Gasteiger partial charge < -0.3 is 23.8 Å². The molecule has 1 amide bonds. The highest BCUT2D eigenvalue weighted by Crippen LogP contribution is 2.46. The number of carbonyl (C=O) groups is 1. The van der Waals surface area contributed by atoms with Crippen LogP contribution in [0.2, 0.25) is 0 Å². The minimum atomic E-state index is -1.33. The summed E-state index contributed by atoms with van der Waals surface area (Å²) in [6, 6.07) is 5.01. The normalized spacial score (nSPS) is 23.6. The zero-order valence-corrected chi connectivity index (χ0v) is 31.4. The molecule has 8 rings (SSSR count). The molecule has 0 unspecified atom stereocenters. The smallest absolute Gasteiger partial charge is 0.410 e. The maximum absolute atomic E-state index is 17.5. The van der Waals surface area contributed by atoms with E-state index in [1.807, 2.05) is 9.80 Å². The summed E-state index contributed by atoms with van der Waals surface area (Å²) in [5.41, 5.74) is -3.43. The number of rotatable bonds is 9. The number of methoxy groups -OCH3 is 1. The van der Waals surface area contributed by atoms with E-state index in [0.717, 1.165) is 18.6 Å². The lowest BCUT2D eigenvalue weighted by Gasteiger charge is -2.42. The van der Waals surface area contributed by atoms with E-state index < -0.39 is 62.4 Å². The molecule has 2 bridgehead atoms. The summed E-state index contributed by atoms with van der Waals surface area (Å²) in [5.74, 6) is -3.58. The van der Waals surface area contributed by atoms with Crippen molar-refractivity contribution in [3.05, 3.63) is 57.9 Å². The van der Waals surface area contributed by atoms with Crippen LogP contribution in [0.15, 0.2) is 30.3 Å². The molecule has 17 heteroatoms. The number of benzene rings is 3. The number of fused-ring (bicyclic) bond motifs is 5. The molecule has 0 radical (unpaired) electrons. The third-order valence-corrected chi connectivity index (χ3v) is 11.3. The predicted molar refractivity (Wildman–Crippen MR) is 197 cm³/mol. The van der Waals surface area contributed by atoms with Gasteiger partial charge in [0.1, 0.15) is 35.5 Å². The molecule has 4 atom stereocenters. The second kappa shape index (κ2) is 14.2. The average Bonchev–Trinajstić information content (AvgIpc) is 3.76. The zero-order valence-electron chi connectivity index (χ0n) is 31.4. The number of hydrogen-bond donors (Lipinski definition) is 0. The number of ether oxygens (including phenoxy) is 4. The van der Waals surface area contributed by atoms with Crippen LogP contribution >= 0.6 is 0 Å². The largest absolute Gasteiger partial charge is 0.468 e. The molecular weight excluding hydrogens is 740 g/mol. The third-order valence-electron chi connectivity index (χ3n) is 11.3. The van der Waals surface area contributed by atoms with Gasteiger partial charge in [0.2, 0.25) is 0 Å². The van der Waals surface area contributed by atoms with Crippen LogP contribution in [0.3, 0.4) is 0 Å². The number of hydrogen-bond acceptors (Lipinski definition) is 11. The molecule has 56 heavy (non-hydrogen) atoms. The van der Waals surface area contributed by atoms with E-state index in [9.17, 15) is 23.7 Å². The van der Waals surface area contributed by atoms with Crippen molar-refractivity contribution in [2.75, 3.05) is 51.6 Å². The number of alkyl halides is 1. The Morgan fingerprint density at radius 3 is 2.48 bits per heavy atom. The molecule has 0 saturated carbocycles. The Labute approximate surface area is 319 Å². The number of nitro groups is 1. The van der Waals surface area contributed by atoms with Gasteiger partial charge in [-0.2, -0.15) is 9.97 Å². The highest BCUT2D eigenvalue weighted by atomic mass is 19.2. The molecule has 1 aromatic heterocycles. The summed E-state index contributed by atoms with van der Waals surface area (Å²) in [4.78, 5) is 40.1. The molecule has 4 aromatic rings. The van der Waals surface area contributed by atoms with E-state index in [0.29, 0.717) is 25.8 Å². The molecule has 4 aliphatic heterocycles. The summed E-state index contributed by atoms with van der Waals surface area (Å²) < 4.78 is 85.1. The maximum atomic E-state index is 17.5. The highest BCUT2D eigenvalue weighted by molar-refractivity contribution is 6.04. The van der Waals surface area contributed by atoms with Crippen molar-refractivity contribution in [3.8, 4) is 22.9 Å². The highest BCUT2D eigenvalue weighted by Gasteiger charge is 2.50. The summed E-state index contributed by atoms with van der Waals surface area (Å²) in [6.45, 7) is 6.59. The molecule has 0 N–H and O–H groups in total. The van der Waals surface area contributed by atoms with Crippen LogP contribution in [0.1, 0.15) is 52.9 Å². The van der Waals surface area contributed by atoms with Gasteiger partial charge in [0.05, 0.1) is 33.5 Å². The van der Waals surface area contributed by atoms with Gasteiger partial charge in [0, 0.05) is 50.2 Å². The van der Waals surface area contributed by atoms with Crippen molar-refractivity contribution in [2.24, 2.45) is 0 Å². The lowest BCUT2D eigenvalue weighted by atomic mass is 9.94. The Bertz CT molecular complexity index is 2230. The number of amides is 1. The first kappa shape index (κ1) is 37.9. The first-order chi connectivity index (χ1) is 26.7. The Kier molecular flexibility index (Phi) is 9.58. The molecule has 13 nitrogen and oxygen atoms in total. The number of piperazine rings is 1. The fraction of sp³-hybridized carbons (Fsp3) is 0.513. The number of carbonyl (C=O) groups excluding carboxylic acids is 1. The van der Waals surface area contributed by atoms with E-state index in [1.54, 1.807) is 25.7 Å². The van der Waals surface area contributed by atoms with Crippen molar-refractivity contribution in [1.29, 1.82) is 0 Å². The summed E-state index contributed by atoms with van der Waals surface area (Å²) in [7, 11) is 1.37. The van der Waals surface area contributed by atoms with E-state index in [-0.39, 0.29) is 91.0 Å². The predicted octanol–water partition coefficient (Wildman–Crippen LogP) is 7.30. The number of nitrogens with zero attached hydrogens (tertiary/aromatic N) is 6. The Morgan fingerprint density at radius 1 is 1.04 bits per heavy atom. The van der Waals surface area contributed by atoms with E-state index in [2.05, 4.69) is 4.98 Å². The van der Waals surface area contributed by atoms with Crippen LogP contribution in [-0.2, 0) is 9.47 Å².